The number of rotatable bonds is 4. The Kier molecular flexibility index (Phi) is 3.61. The van der Waals surface area contributed by atoms with Crippen LogP contribution in [-0.2, 0) is 9.59 Å². The van der Waals surface area contributed by atoms with Crippen molar-refractivity contribution in [3.8, 4) is 0 Å². The summed E-state index contributed by atoms with van der Waals surface area (Å²) in [4.78, 5) is 22.2. The van der Waals surface area contributed by atoms with E-state index in [2.05, 4.69) is 33.0 Å². The van der Waals surface area contributed by atoms with Gasteiger partial charge < -0.3 is 10.4 Å². The molecular formula is C12H21NO3. The maximum Gasteiger partial charge on any atom is 0.307 e. The summed E-state index contributed by atoms with van der Waals surface area (Å²) in [5, 5.41) is 11.5. The molecule has 0 spiro atoms. The first-order chi connectivity index (χ1) is 7.23. The molecule has 0 heterocycles. The highest BCUT2D eigenvalue weighted by Crippen LogP contribution is 2.38. The Morgan fingerprint density at radius 3 is 2.31 bits per heavy atom. The van der Waals surface area contributed by atoms with Crippen LogP contribution in [0.5, 0.6) is 0 Å². The summed E-state index contributed by atoms with van der Waals surface area (Å²) in [6, 6.07) is 0. The monoisotopic (exact) mass is 227 g/mol. The van der Waals surface area contributed by atoms with Crippen LogP contribution in [-0.4, -0.2) is 23.5 Å². The molecule has 0 bridgehead atoms. The minimum absolute atomic E-state index is 0.108. The van der Waals surface area contributed by atoms with Crippen LogP contribution in [0.3, 0.4) is 0 Å². The molecule has 1 saturated carbocycles. The molecule has 2 N–H and O–H groups in total. The van der Waals surface area contributed by atoms with E-state index in [1.165, 1.54) is 0 Å². The van der Waals surface area contributed by atoms with Gasteiger partial charge in [0.05, 0.1) is 11.8 Å². The Hall–Kier alpha value is -1.06. The number of hydrogen-bond acceptors (Lipinski definition) is 2. The molecule has 0 saturated heterocycles. The highest BCUT2D eigenvalue weighted by molar-refractivity contribution is 5.89. The summed E-state index contributed by atoms with van der Waals surface area (Å²) in [6.07, 6.45) is 0.491. The first-order valence-corrected chi connectivity index (χ1v) is 5.74. The van der Waals surface area contributed by atoms with E-state index in [1.54, 1.807) is 0 Å². The Bertz CT molecular complexity index is 293. The normalized spacial score (nSPS) is 26.0. The van der Waals surface area contributed by atoms with Gasteiger partial charge in [0.2, 0.25) is 5.91 Å². The van der Waals surface area contributed by atoms with Crippen LogP contribution in [0.2, 0.25) is 0 Å². The van der Waals surface area contributed by atoms with Crippen LogP contribution >= 0.6 is 0 Å². The molecule has 0 aromatic heterocycles. The Morgan fingerprint density at radius 1 is 1.38 bits per heavy atom. The Morgan fingerprint density at radius 2 is 1.94 bits per heavy atom. The number of hydrogen-bond donors (Lipinski definition) is 2. The largest absolute Gasteiger partial charge is 0.481 e. The van der Waals surface area contributed by atoms with Gasteiger partial charge in [-0.05, 0) is 17.8 Å². The van der Waals surface area contributed by atoms with Gasteiger partial charge in [0.15, 0.2) is 0 Å². The first-order valence-electron chi connectivity index (χ1n) is 5.74. The van der Waals surface area contributed by atoms with Crippen LogP contribution < -0.4 is 5.32 Å². The molecular weight excluding hydrogens is 206 g/mol. The molecule has 0 aromatic carbocycles. The molecule has 0 aliphatic heterocycles. The minimum Gasteiger partial charge on any atom is -0.481 e. The highest BCUT2D eigenvalue weighted by atomic mass is 16.4. The smallest absolute Gasteiger partial charge is 0.307 e. The zero-order valence-electron chi connectivity index (χ0n) is 10.4. The van der Waals surface area contributed by atoms with Gasteiger partial charge in [-0.1, -0.05) is 27.7 Å². The van der Waals surface area contributed by atoms with Crippen LogP contribution in [0.25, 0.3) is 0 Å². The summed E-state index contributed by atoms with van der Waals surface area (Å²) in [6.45, 7) is 9.08. The van der Waals surface area contributed by atoms with Crippen LogP contribution in [0.4, 0.5) is 0 Å². The van der Waals surface area contributed by atoms with Gasteiger partial charge >= 0.3 is 5.97 Å². The maximum atomic E-state index is 11.6. The molecule has 92 valence electrons. The molecule has 0 aromatic rings. The van der Waals surface area contributed by atoms with Crippen molar-refractivity contribution in [2.75, 3.05) is 6.54 Å². The molecule has 3 unspecified atom stereocenters. The van der Waals surface area contributed by atoms with Crippen LogP contribution in [0.1, 0.15) is 34.1 Å². The van der Waals surface area contributed by atoms with E-state index < -0.39 is 11.9 Å². The molecule has 4 nitrogen and oxygen atoms in total. The molecule has 3 atom stereocenters. The van der Waals surface area contributed by atoms with Crippen molar-refractivity contribution in [1.82, 2.24) is 5.32 Å². The second-order valence-electron chi connectivity index (χ2n) is 5.80. The van der Waals surface area contributed by atoms with Gasteiger partial charge in [-0.3, -0.25) is 9.59 Å². The number of carbonyl (C=O) groups is 2. The zero-order valence-corrected chi connectivity index (χ0v) is 10.4. The second kappa shape index (κ2) is 4.44. The number of aliphatic carboxylic acids is 1. The quantitative estimate of drug-likeness (QED) is 0.765. The van der Waals surface area contributed by atoms with Crippen LogP contribution in [0.15, 0.2) is 0 Å². The summed E-state index contributed by atoms with van der Waals surface area (Å²) in [5.74, 6) is -1.35. The van der Waals surface area contributed by atoms with Crippen molar-refractivity contribution in [3.05, 3.63) is 0 Å². The molecule has 4 heteroatoms. The van der Waals surface area contributed by atoms with Gasteiger partial charge in [-0.25, -0.2) is 0 Å². The first kappa shape index (κ1) is 13.0. The number of amides is 1. The lowest BCUT2D eigenvalue weighted by atomic mass is 9.82. The fourth-order valence-corrected chi connectivity index (χ4v) is 1.45. The molecule has 1 fully saturated rings. The number of carboxylic acids is 1. The van der Waals surface area contributed by atoms with Crippen molar-refractivity contribution in [2.24, 2.45) is 23.2 Å². The van der Waals surface area contributed by atoms with Crippen molar-refractivity contribution in [1.29, 1.82) is 0 Å². The van der Waals surface area contributed by atoms with E-state index >= 15 is 0 Å². The van der Waals surface area contributed by atoms with Gasteiger partial charge in [0.1, 0.15) is 0 Å². The predicted molar refractivity (Wildman–Crippen MR) is 60.9 cm³/mol. The van der Waals surface area contributed by atoms with E-state index in [4.69, 9.17) is 5.11 Å². The molecule has 1 amide bonds. The SMILES string of the molecule is CC(CNC(=O)C1CC1C(=O)O)C(C)(C)C. The Balaban J connectivity index is 2.30. The topological polar surface area (TPSA) is 66.4 Å². The highest BCUT2D eigenvalue weighted by Gasteiger charge is 2.48. The van der Waals surface area contributed by atoms with E-state index in [-0.39, 0.29) is 17.2 Å². The van der Waals surface area contributed by atoms with E-state index in [1.807, 2.05) is 0 Å². The fraction of sp³-hybridized carbons (Fsp3) is 0.833. The van der Waals surface area contributed by atoms with Crippen molar-refractivity contribution in [3.63, 3.8) is 0 Å². The molecule has 1 rings (SSSR count). The van der Waals surface area contributed by atoms with Crippen molar-refractivity contribution >= 4 is 11.9 Å². The fourth-order valence-electron chi connectivity index (χ4n) is 1.45. The van der Waals surface area contributed by atoms with Crippen molar-refractivity contribution < 1.29 is 14.7 Å². The summed E-state index contributed by atoms with van der Waals surface area (Å²) < 4.78 is 0. The van der Waals surface area contributed by atoms with Gasteiger partial charge in [-0.2, -0.15) is 0 Å². The molecule has 1 aliphatic carbocycles. The second-order valence-corrected chi connectivity index (χ2v) is 5.80. The summed E-state index contributed by atoms with van der Waals surface area (Å²) >= 11 is 0. The number of nitrogens with one attached hydrogen (secondary N) is 1. The lowest BCUT2D eigenvalue weighted by Crippen LogP contribution is -2.35. The third kappa shape index (κ3) is 3.22. The summed E-state index contributed by atoms with van der Waals surface area (Å²) in [7, 11) is 0. The third-order valence-corrected chi connectivity index (χ3v) is 3.51. The molecule has 16 heavy (non-hydrogen) atoms. The van der Waals surface area contributed by atoms with E-state index in [0.29, 0.717) is 18.9 Å². The minimum atomic E-state index is -0.857. The average Bonchev–Trinajstić information content (AvgIpc) is 2.91. The van der Waals surface area contributed by atoms with E-state index in [9.17, 15) is 9.59 Å². The predicted octanol–water partition coefficient (Wildman–Crippen LogP) is 1.51. The maximum absolute atomic E-state index is 11.6. The third-order valence-electron chi connectivity index (χ3n) is 3.51. The summed E-state index contributed by atoms with van der Waals surface area (Å²) in [5.41, 5.74) is 0.156. The standard InChI is InChI=1S/C12H21NO3/c1-7(12(2,3)4)6-13-10(14)8-5-9(8)11(15)16/h7-9H,5-6H2,1-4H3,(H,13,14)(H,15,16). The number of carboxylic acid groups (broad SMARTS) is 1. The molecule has 1 aliphatic rings. The van der Waals surface area contributed by atoms with Crippen LogP contribution in [0, 0.1) is 23.2 Å². The molecule has 0 radical (unpaired) electrons. The lowest BCUT2D eigenvalue weighted by Gasteiger charge is -2.27. The van der Waals surface area contributed by atoms with Gasteiger partial charge in [0.25, 0.3) is 0 Å². The number of carbonyl (C=O) groups excluding carboxylic acids is 1. The Labute approximate surface area is 96.4 Å². The van der Waals surface area contributed by atoms with Crippen molar-refractivity contribution in [2.45, 2.75) is 34.1 Å². The average molecular weight is 227 g/mol. The van der Waals surface area contributed by atoms with Gasteiger partial charge in [0, 0.05) is 6.54 Å². The van der Waals surface area contributed by atoms with E-state index in [0.717, 1.165) is 0 Å². The zero-order chi connectivity index (χ0) is 12.5. The van der Waals surface area contributed by atoms with Gasteiger partial charge in [-0.15, -0.1) is 0 Å². The lowest BCUT2D eigenvalue weighted by molar-refractivity contribution is -0.140.